The molecule has 0 fully saturated rings. The summed E-state index contributed by atoms with van der Waals surface area (Å²) in [5, 5.41) is 3.61. The molecule has 0 heterocycles. The number of benzene rings is 2. The third-order valence-corrected chi connectivity index (χ3v) is 2.85. The van der Waals surface area contributed by atoms with E-state index in [0.717, 1.165) is 11.1 Å². The fourth-order valence-electron chi connectivity index (χ4n) is 1.72. The summed E-state index contributed by atoms with van der Waals surface area (Å²) in [5.41, 5.74) is 13.8. The Balaban J connectivity index is 2.48. The van der Waals surface area contributed by atoms with Crippen LogP contribution in [-0.4, -0.2) is 0 Å². The molecule has 2 aromatic rings. The van der Waals surface area contributed by atoms with E-state index in [9.17, 15) is 0 Å². The Hall–Kier alpha value is -2.25. The van der Waals surface area contributed by atoms with Crippen LogP contribution in [0.25, 0.3) is 21.6 Å². The average molecular weight is 223 g/mol. The monoisotopic (exact) mass is 223 g/mol. The standard InChI is InChI=1S/C14H13N3/c1-10-6-7-13(8-11(10)2)12-4-3-5-14(9-12)16-17-15/h3-9H,1-2H3. The van der Waals surface area contributed by atoms with Crippen LogP contribution in [-0.2, 0) is 0 Å². The van der Waals surface area contributed by atoms with Gasteiger partial charge in [0.1, 0.15) is 0 Å². The van der Waals surface area contributed by atoms with Gasteiger partial charge in [0.2, 0.25) is 0 Å². The van der Waals surface area contributed by atoms with Crippen molar-refractivity contribution in [1.82, 2.24) is 0 Å². The summed E-state index contributed by atoms with van der Waals surface area (Å²) in [6, 6.07) is 13.9. The number of hydrogen-bond donors (Lipinski definition) is 0. The van der Waals surface area contributed by atoms with Gasteiger partial charge in [0.25, 0.3) is 0 Å². The minimum Gasteiger partial charge on any atom is -0.0612 e. The van der Waals surface area contributed by atoms with Gasteiger partial charge in [-0.2, -0.15) is 0 Å². The molecule has 0 amide bonds. The first-order valence-electron chi connectivity index (χ1n) is 5.43. The van der Waals surface area contributed by atoms with Crippen LogP contribution in [0.1, 0.15) is 11.1 Å². The normalized spacial score (nSPS) is 9.76. The lowest BCUT2D eigenvalue weighted by Crippen LogP contribution is -1.83. The summed E-state index contributed by atoms with van der Waals surface area (Å²) in [4.78, 5) is 2.80. The highest BCUT2D eigenvalue weighted by molar-refractivity contribution is 5.68. The highest BCUT2D eigenvalue weighted by Crippen LogP contribution is 2.25. The van der Waals surface area contributed by atoms with Gasteiger partial charge in [-0.3, -0.25) is 0 Å². The maximum absolute atomic E-state index is 8.42. The molecule has 2 rings (SSSR count). The van der Waals surface area contributed by atoms with E-state index in [2.05, 4.69) is 42.1 Å². The van der Waals surface area contributed by atoms with E-state index >= 15 is 0 Å². The number of azide groups is 1. The zero-order chi connectivity index (χ0) is 12.3. The maximum Gasteiger partial charge on any atom is 0.0381 e. The molecule has 0 aliphatic carbocycles. The number of nitrogens with zero attached hydrogens (tertiary/aromatic N) is 3. The maximum atomic E-state index is 8.42. The van der Waals surface area contributed by atoms with Crippen molar-refractivity contribution in [3.8, 4) is 11.1 Å². The van der Waals surface area contributed by atoms with Crippen LogP contribution >= 0.6 is 0 Å². The van der Waals surface area contributed by atoms with E-state index in [1.807, 2.05) is 18.2 Å². The van der Waals surface area contributed by atoms with Crippen molar-refractivity contribution < 1.29 is 0 Å². The van der Waals surface area contributed by atoms with Gasteiger partial charge in [-0.15, -0.1) is 0 Å². The topological polar surface area (TPSA) is 48.8 Å². The van der Waals surface area contributed by atoms with Crippen LogP contribution in [0.15, 0.2) is 47.6 Å². The largest absolute Gasteiger partial charge is 0.0612 e. The van der Waals surface area contributed by atoms with E-state index in [4.69, 9.17) is 5.53 Å². The highest BCUT2D eigenvalue weighted by atomic mass is 15.1. The Bertz CT molecular complexity index is 596. The van der Waals surface area contributed by atoms with Gasteiger partial charge in [0, 0.05) is 10.6 Å². The summed E-state index contributed by atoms with van der Waals surface area (Å²) in [6.45, 7) is 4.19. The van der Waals surface area contributed by atoms with Crippen LogP contribution < -0.4 is 0 Å². The molecule has 0 aliphatic heterocycles. The van der Waals surface area contributed by atoms with Crippen LogP contribution in [0.3, 0.4) is 0 Å². The van der Waals surface area contributed by atoms with E-state index in [0.29, 0.717) is 5.69 Å². The Labute approximate surface area is 100 Å². The minimum atomic E-state index is 0.642. The van der Waals surface area contributed by atoms with Gasteiger partial charge in [0.15, 0.2) is 0 Å². The Morgan fingerprint density at radius 3 is 2.41 bits per heavy atom. The molecule has 0 saturated carbocycles. The van der Waals surface area contributed by atoms with Crippen LogP contribution in [0.2, 0.25) is 0 Å². The third-order valence-electron chi connectivity index (χ3n) is 2.85. The van der Waals surface area contributed by atoms with Gasteiger partial charge in [0.05, 0.1) is 0 Å². The SMILES string of the molecule is Cc1ccc(-c2cccc(N=[N+]=[N-])c2)cc1C. The van der Waals surface area contributed by atoms with Crippen molar-refractivity contribution in [3.63, 3.8) is 0 Å². The molecule has 0 bridgehead atoms. The van der Waals surface area contributed by atoms with Gasteiger partial charge >= 0.3 is 0 Å². The second kappa shape index (κ2) is 4.73. The number of aryl methyl sites for hydroxylation is 2. The molecule has 3 nitrogen and oxygen atoms in total. The number of hydrogen-bond acceptors (Lipinski definition) is 1. The minimum absolute atomic E-state index is 0.642. The van der Waals surface area contributed by atoms with Crippen molar-refractivity contribution in [2.24, 2.45) is 5.11 Å². The first kappa shape index (κ1) is 11.2. The van der Waals surface area contributed by atoms with Crippen LogP contribution in [0, 0.1) is 13.8 Å². The molecule has 0 spiro atoms. The van der Waals surface area contributed by atoms with E-state index < -0.39 is 0 Å². The molecule has 0 radical (unpaired) electrons. The zero-order valence-electron chi connectivity index (χ0n) is 9.88. The Morgan fingerprint density at radius 1 is 0.941 bits per heavy atom. The third kappa shape index (κ3) is 2.47. The molecule has 17 heavy (non-hydrogen) atoms. The van der Waals surface area contributed by atoms with Gasteiger partial charge in [-0.25, -0.2) is 0 Å². The molecule has 0 N–H and O–H groups in total. The molecule has 2 aromatic carbocycles. The summed E-state index contributed by atoms with van der Waals surface area (Å²) >= 11 is 0. The summed E-state index contributed by atoms with van der Waals surface area (Å²) in [5.74, 6) is 0. The van der Waals surface area contributed by atoms with E-state index in [-0.39, 0.29) is 0 Å². The summed E-state index contributed by atoms with van der Waals surface area (Å²) in [7, 11) is 0. The fourth-order valence-corrected chi connectivity index (χ4v) is 1.72. The highest BCUT2D eigenvalue weighted by Gasteiger charge is 2.00. The molecular weight excluding hydrogens is 210 g/mol. The van der Waals surface area contributed by atoms with Crippen molar-refractivity contribution in [3.05, 3.63) is 64.0 Å². The van der Waals surface area contributed by atoms with Crippen molar-refractivity contribution in [1.29, 1.82) is 0 Å². The number of rotatable bonds is 2. The van der Waals surface area contributed by atoms with E-state index in [1.165, 1.54) is 11.1 Å². The zero-order valence-corrected chi connectivity index (χ0v) is 9.88. The lowest BCUT2D eigenvalue weighted by molar-refractivity contribution is 1.34. The van der Waals surface area contributed by atoms with Crippen molar-refractivity contribution >= 4 is 5.69 Å². The average Bonchev–Trinajstić information content (AvgIpc) is 2.33. The first-order valence-corrected chi connectivity index (χ1v) is 5.43. The van der Waals surface area contributed by atoms with Crippen LogP contribution in [0.4, 0.5) is 5.69 Å². The van der Waals surface area contributed by atoms with Crippen molar-refractivity contribution in [2.75, 3.05) is 0 Å². The molecule has 3 heteroatoms. The molecule has 0 aromatic heterocycles. The second-order valence-electron chi connectivity index (χ2n) is 4.04. The lowest BCUT2D eigenvalue weighted by atomic mass is 10.0. The van der Waals surface area contributed by atoms with Crippen molar-refractivity contribution in [2.45, 2.75) is 13.8 Å². The smallest absolute Gasteiger partial charge is 0.0381 e. The molecule has 0 aliphatic rings. The molecule has 84 valence electrons. The van der Waals surface area contributed by atoms with E-state index in [1.54, 1.807) is 6.07 Å². The van der Waals surface area contributed by atoms with Gasteiger partial charge < -0.3 is 0 Å². The van der Waals surface area contributed by atoms with Crippen LogP contribution in [0.5, 0.6) is 0 Å². The molecule has 0 atom stereocenters. The second-order valence-corrected chi connectivity index (χ2v) is 4.04. The quantitative estimate of drug-likeness (QED) is 0.394. The lowest BCUT2D eigenvalue weighted by Gasteiger charge is -2.06. The molecular formula is C14H13N3. The first-order chi connectivity index (χ1) is 8.20. The predicted octanol–water partition coefficient (Wildman–Crippen LogP) is 4.91. The van der Waals surface area contributed by atoms with Gasteiger partial charge in [-0.1, -0.05) is 41.5 Å². The van der Waals surface area contributed by atoms with Gasteiger partial charge in [-0.05, 0) is 47.7 Å². The summed E-state index contributed by atoms with van der Waals surface area (Å²) < 4.78 is 0. The molecule has 0 saturated heterocycles. The Morgan fingerprint density at radius 2 is 1.71 bits per heavy atom. The summed E-state index contributed by atoms with van der Waals surface area (Å²) in [6.07, 6.45) is 0. The predicted molar refractivity (Wildman–Crippen MR) is 70.2 cm³/mol. The molecule has 0 unspecified atom stereocenters. The fraction of sp³-hybridized carbons (Fsp3) is 0.143. The Kier molecular flexibility index (Phi) is 3.12.